The first-order chi connectivity index (χ1) is 8.11. The molecule has 0 amide bonds. The average molecular weight is 291 g/mol. The molecule has 1 rings (SSSR count). The maximum absolute atomic E-state index is 11.1. The minimum absolute atomic E-state index is 0.0229. The highest BCUT2D eigenvalue weighted by Gasteiger charge is 2.16. The molecule has 0 bridgehead atoms. The number of hydrogen-bond acceptors (Lipinski definition) is 5. The Hall–Kier alpha value is -0.500. The number of hydrogen-bond donors (Lipinski definition) is 2. The zero-order chi connectivity index (χ0) is 14.0. The lowest BCUT2D eigenvalue weighted by Gasteiger charge is -2.20. The maximum Gasteiger partial charge on any atom is 0.215 e. The molecule has 0 saturated carbocycles. The summed E-state index contributed by atoms with van der Waals surface area (Å²) < 4.78 is 22.1. The Bertz CT molecular complexity index is 501. The summed E-state index contributed by atoms with van der Waals surface area (Å²) in [6, 6.07) is 0. The SMILES string of the molecule is CCc1nc(CS(N)(=O)=O)sc1CNC(C)(C)C. The fourth-order valence-electron chi connectivity index (χ4n) is 1.43. The van der Waals surface area contributed by atoms with E-state index < -0.39 is 10.0 Å². The van der Waals surface area contributed by atoms with E-state index in [0.29, 0.717) is 11.6 Å². The molecule has 7 heteroatoms. The third kappa shape index (κ3) is 5.43. The largest absolute Gasteiger partial charge is 0.307 e. The highest BCUT2D eigenvalue weighted by atomic mass is 32.2. The van der Waals surface area contributed by atoms with Crippen LogP contribution in [0.15, 0.2) is 0 Å². The molecular formula is C11H21N3O2S2. The number of aryl methyl sites for hydroxylation is 1. The predicted molar refractivity (Wildman–Crippen MR) is 74.9 cm³/mol. The minimum Gasteiger partial charge on any atom is -0.307 e. The van der Waals surface area contributed by atoms with E-state index in [1.807, 2.05) is 6.92 Å². The number of primary sulfonamides is 1. The standard InChI is InChI=1S/C11H21N3O2S2/c1-5-8-9(6-13-11(2,3)4)17-10(14-8)7-18(12,15)16/h13H,5-7H2,1-4H3,(H2,12,15,16). The van der Waals surface area contributed by atoms with Crippen molar-refractivity contribution in [2.24, 2.45) is 5.14 Å². The van der Waals surface area contributed by atoms with Crippen molar-refractivity contribution in [1.82, 2.24) is 10.3 Å². The normalized spacial score (nSPS) is 12.9. The third-order valence-electron chi connectivity index (χ3n) is 2.26. The Morgan fingerprint density at radius 1 is 1.39 bits per heavy atom. The predicted octanol–water partition coefficient (Wildman–Crippen LogP) is 1.38. The maximum atomic E-state index is 11.1. The number of aromatic nitrogens is 1. The molecule has 0 saturated heterocycles. The third-order valence-corrected chi connectivity index (χ3v) is 4.22. The van der Waals surface area contributed by atoms with Gasteiger partial charge in [-0.05, 0) is 27.2 Å². The van der Waals surface area contributed by atoms with E-state index in [1.54, 1.807) is 0 Å². The lowest BCUT2D eigenvalue weighted by molar-refractivity contribution is 0.425. The summed E-state index contributed by atoms with van der Waals surface area (Å²) in [5, 5.41) is 8.98. The molecule has 1 aromatic heterocycles. The monoisotopic (exact) mass is 291 g/mol. The van der Waals surface area contributed by atoms with Gasteiger partial charge in [-0.2, -0.15) is 0 Å². The zero-order valence-corrected chi connectivity index (χ0v) is 12.9. The second kappa shape index (κ2) is 5.64. The van der Waals surface area contributed by atoms with Crippen LogP contribution in [0.4, 0.5) is 0 Å². The van der Waals surface area contributed by atoms with Gasteiger partial charge in [0.05, 0.1) is 5.69 Å². The Morgan fingerprint density at radius 2 is 2.00 bits per heavy atom. The summed E-state index contributed by atoms with van der Waals surface area (Å²) in [5.41, 5.74) is 0.977. The minimum atomic E-state index is -3.50. The highest BCUT2D eigenvalue weighted by Crippen LogP contribution is 2.21. The summed E-state index contributed by atoms with van der Waals surface area (Å²) in [6.45, 7) is 8.98. The van der Waals surface area contributed by atoms with Crippen LogP contribution in [0, 0.1) is 0 Å². The highest BCUT2D eigenvalue weighted by molar-refractivity contribution is 7.88. The fraction of sp³-hybridized carbons (Fsp3) is 0.727. The summed E-state index contributed by atoms with van der Waals surface area (Å²) in [4.78, 5) is 5.42. The number of nitrogens with two attached hydrogens (primary N) is 1. The number of rotatable bonds is 5. The van der Waals surface area contributed by atoms with E-state index in [9.17, 15) is 8.42 Å². The van der Waals surface area contributed by atoms with Gasteiger partial charge in [-0.3, -0.25) is 0 Å². The summed E-state index contributed by atoms with van der Waals surface area (Å²) in [6.07, 6.45) is 0.794. The molecular weight excluding hydrogens is 270 g/mol. The topological polar surface area (TPSA) is 85.1 Å². The molecule has 0 atom stereocenters. The molecule has 0 aliphatic rings. The van der Waals surface area contributed by atoms with Crippen LogP contribution in [0.1, 0.15) is 43.3 Å². The van der Waals surface area contributed by atoms with Crippen molar-refractivity contribution < 1.29 is 8.42 Å². The van der Waals surface area contributed by atoms with Gasteiger partial charge in [0.2, 0.25) is 10.0 Å². The van der Waals surface area contributed by atoms with Crippen LogP contribution in [-0.2, 0) is 28.7 Å². The van der Waals surface area contributed by atoms with Crippen LogP contribution in [0.3, 0.4) is 0 Å². The number of sulfonamides is 1. The molecule has 0 aliphatic carbocycles. The van der Waals surface area contributed by atoms with Gasteiger partial charge in [-0.1, -0.05) is 6.92 Å². The van der Waals surface area contributed by atoms with Crippen molar-refractivity contribution in [2.45, 2.75) is 52.0 Å². The Balaban J connectivity index is 2.85. The van der Waals surface area contributed by atoms with Crippen LogP contribution in [0.5, 0.6) is 0 Å². The molecule has 0 spiro atoms. The van der Waals surface area contributed by atoms with Crippen molar-refractivity contribution in [2.75, 3.05) is 0 Å². The van der Waals surface area contributed by atoms with Crippen LogP contribution in [0.2, 0.25) is 0 Å². The Kier molecular flexibility index (Phi) is 4.88. The van der Waals surface area contributed by atoms with E-state index in [-0.39, 0.29) is 11.3 Å². The van der Waals surface area contributed by atoms with E-state index in [2.05, 4.69) is 31.1 Å². The molecule has 0 fully saturated rings. The first-order valence-corrected chi connectivity index (χ1v) is 8.37. The summed E-state index contributed by atoms with van der Waals surface area (Å²) in [5.74, 6) is -0.180. The van der Waals surface area contributed by atoms with Crippen molar-refractivity contribution in [3.05, 3.63) is 15.6 Å². The number of nitrogens with zero attached hydrogens (tertiary/aromatic N) is 1. The molecule has 104 valence electrons. The van der Waals surface area contributed by atoms with Crippen molar-refractivity contribution in [3.63, 3.8) is 0 Å². The van der Waals surface area contributed by atoms with Crippen LogP contribution >= 0.6 is 11.3 Å². The molecule has 18 heavy (non-hydrogen) atoms. The summed E-state index contributed by atoms with van der Waals surface area (Å²) in [7, 11) is -3.50. The van der Waals surface area contributed by atoms with Crippen molar-refractivity contribution in [1.29, 1.82) is 0 Å². The molecule has 1 heterocycles. The van der Waals surface area contributed by atoms with Gasteiger partial charge in [-0.25, -0.2) is 18.5 Å². The molecule has 0 radical (unpaired) electrons. The lowest BCUT2D eigenvalue weighted by Crippen LogP contribution is -2.35. The molecule has 0 unspecified atom stereocenters. The van der Waals surface area contributed by atoms with E-state index in [4.69, 9.17) is 5.14 Å². The van der Waals surface area contributed by atoms with Crippen molar-refractivity contribution in [3.8, 4) is 0 Å². The number of nitrogens with one attached hydrogen (secondary N) is 1. The van der Waals surface area contributed by atoms with Crippen LogP contribution < -0.4 is 10.5 Å². The van der Waals surface area contributed by atoms with Gasteiger partial charge < -0.3 is 5.32 Å². The van der Waals surface area contributed by atoms with Gasteiger partial charge in [0.25, 0.3) is 0 Å². The van der Waals surface area contributed by atoms with Gasteiger partial charge in [-0.15, -0.1) is 11.3 Å². The van der Waals surface area contributed by atoms with Crippen molar-refractivity contribution >= 4 is 21.4 Å². The first-order valence-electron chi connectivity index (χ1n) is 5.83. The smallest absolute Gasteiger partial charge is 0.215 e. The van der Waals surface area contributed by atoms with E-state index in [1.165, 1.54) is 11.3 Å². The second-order valence-corrected chi connectivity index (χ2v) is 8.02. The summed E-state index contributed by atoms with van der Waals surface area (Å²) >= 11 is 1.42. The van der Waals surface area contributed by atoms with E-state index in [0.717, 1.165) is 17.0 Å². The molecule has 0 aliphatic heterocycles. The van der Waals surface area contributed by atoms with Gasteiger partial charge in [0.1, 0.15) is 10.8 Å². The van der Waals surface area contributed by atoms with Gasteiger partial charge in [0, 0.05) is 17.0 Å². The zero-order valence-electron chi connectivity index (χ0n) is 11.3. The molecule has 1 aromatic rings. The average Bonchev–Trinajstić information content (AvgIpc) is 2.53. The first kappa shape index (κ1) is 15.6. The Morgan fingerprint density at radius 3 is 2.44 bits per heavy atom. The number of thiazole rings is 1. The van der Waals surface area contributed by atoms with Gasteiger partial charge in [0.15, 0.2) is 0 Å². The lowest BCUT2D eigenvalue weighted by atomic mass is 10.1. The van der Waals surface area contributed by atoms with Gasteiger partial charge >= 0.3 is 0 Å². The molecule has 3 N–H and O–H groups in total. The van der Waals surface area contributed by atoms with Crippen LogP contribution in [-0.4, -0.2) is 18.9 Å². The fourth-order valence-corrected chi connectivity index (χ4v) is 3.46. The quantitative estimate of drug-likeness (QED) is 0.858. The molecule has 5 nitrogen and oxygen atoms in total. The van der Waals surface area contributed by atoms with E-state index >= 15 is 0 Å². The second-order valence-electron chi connectivity index (χ2n) is 5.24. The Labute approximate surface area is 113 Å². The molecule has 0 aromatic carbocycles. The van der Waals surface area contributed by atoms with Crippen LogP contribution in [0.25, 0.3) is 0 Å².